The zero-order chi connectivity index (χ0) is 14.6. The number of aromatic nitrogens is 1. The van der Waals surface area contributed by atoms with Crippen molar-refractivity contribution in [1.82, 2.24) is 9.29 Å². The minimum Gasteiger partial charge on any atom is -0.396 e. The second-order valence-electron chi connectivity index (χ2n) is 4.93. The lowest BCUT2D eigenvalue weighted by Gasteiger charge is -2.24. The van der Waals surface area contributed by atoms with Crippen molar-refractivity contribution < 1.29 is 13.5 Å². The second kappa shape index (κ2) is 6.62. The predicted molar refractivity (Wildman–Crippen MR) is 75.4 cm³/mol. The lowest BCUT2D eigenvalue weighted by molar-refractivity contribution is 0.264. The molecule has 1 aromatic rings. The van der Waals surface area contributed by atoms with Crippen molar-refractivity contribution in [3.8, 4) is 0 Å². The van der Waals surface area contributed by atoms with E-state index < -0.39 is 10.0 Å². The number of hydrogen-bond acceptors (Lipinski definition) is 5. The van der Waals surface area contributed by atoms with Gasteiger partial charge < -0.3 is 10.8 Å². The maximum atomic E-state index is 12.8. The Kier molecular flexibility index (Phi) is 5.09. The molecule has 6 nitrogen and oxygen atoms in total. The first-order chi connectivity index (χ1) is 9.61. The van der Waals surface area contributed by atoms with Crippen molar-refractivity contribution in [3.05, 3.63) is 24.0 Å². The quantitative estimate of drug-likeness (QED) is 0.795. The molecule has 1 aromatic heterocycles. The fourth-order valence-electron chi connectivity index (χ4n) is 2.68. The van der Waals surface area contributed by atoms with E-state index in [0.29, 0.717) is 25.1 Å². The molecule has 1 fully saturated rings. The lowest BCUT2D eigenvalue weighted by Crippen LogP contribution is -2.36. The van der Waals surface area contributed by atoms with Crippen LogP contribution in [0.15, 0.2) is 23.2 Å². The SMILES string of the molecule is NCc1ncccc1S(=O)(=O)N1CCCC1CCCO. The van der Waals surface area contributed by atoms with E-state index in [1.54, 1.807) is 22.6 Å². The summed E-state index contributed by atoms with van der Waals surface area (Å²) in [5, 5.41) is 8.92. The first-order valence-electron chi connectivity index (χ1n) is 6.88. The number of pyridine rings is 1. The summed E-state index contributed by atoms with van der Waals surface area (Å²) in [4.78, 5) is 4.26. The fraction of sp³-hybridized carbons (Fsp3) is 0.615. The van der Waals surface area contributed by atoms with E-state index in [-0.39, 0.29) is 24.1 Å². The minimum atomic E-state index is -3.55. The minimum absolute atomic E-state index is 0.0296. The fourth-order valence-corrected chi connectivity index (χ4v) is 4.59. The number of sulfonamides is 1. The second-order valence-corrected chi connectivity index (χ2v) is 6.79. The van der Waals surface area contributed by atoms with E-state index in [1.165, 1.54) is 0 Å². The number of nitrogens with zero attached hydrogens (tertiary/aromatic N) is 2. The van der Waals surface area contributed by atoms with Gasteiger partial charge >= 0.3 is 0 Å². The third kappa shape index (κ3) is 3.01. The Balaban J connectivity index is 2.29. The van der Waals surface area contributed by atoms with Gasteiger partial charge in [-0.2, -0.15) is 4.31 Å². The van der Waals surface area contributed by atoms with Gasteiger partial charge in [0.25, 0.3) is 0 Å². The van der Waals surface area contributed by atoms with Crippen LogP contribution in [0.1, 0.15) is 31.4 Å². The average Bonchev–Trinajstić information content (AvgIpc) is 2.94. The summed E-state index contributed by atoms with van der Waals surface area (Å²) in [6.07, 6.45) is 4.56. The molecule has 3 N–H and O–H groups in total. The van der Waals surface area contributed by atoms with Crippen molar-refractivity contribution in [1.29, 1.82) is 0 Å². The molecule has 0 aliphatic carbocycles. The van der Waals surface area contributed by atoms with E-state index >= 15 is 0 Å². The van der Waals surface area contributed by atoms with Crippen molar-refractivity contribution in [2.24, 2.45) is 5.73 Å². The van der Waals surface area contributed by atoms with Crippen LogP contribution in [0.25, 0.3) is 0 Å². The van der Waals surface area contributed by atoms with E-state index in [1.807, 2.05) is 0 Å². The van der Waals surface area contributed by atoms with Gasteiger partial charge in [-0.3, -0.25) is 4.98 Å². The van der Waals surface area contributed by atoms with E-state index in [0.717, 1.165) is 12.8 Å². The molecule has 1 aliphatic heterocycles. The highest BCUT2D eigenvalue weighted by molar-refractivity contribution is 7.89. The van der Waals surface area contributed by atoms with E-state index in [9.17, 15) is 8.42 Å². The Morgan fingerprint density at radius 2 is 2.30 bits per heavy atom. The molecular weight excluding hydrogens is 278 g/mol. The molecule has 2 rings (SSSR count). The number of aliphatic hydroxyl groups is 1. The third-order valence-corrected chi connectivity index (χ3v) is 5.67. The molecule has 1 aliphatic rings. The Bertz CT molecular complexity index is 548. The van der Waals surface area contributed by atoms with Crippen LogP contribution in [-0.2, 0) is 16.6 Å². The Morgan fingerprint density at radius 3 is 3.00 bits per heavy atom. The smallest absolute Gasteiger partial charge is 0.245 e. The molecule has 0 radical (unpaired) electrons. The largest absolute Gasteiger partial charge is 0.396 e. The Morgan fingerprint density at radius 1 is 1.50 bits per heavy atom. The van der Waals surface area contributed by atoms with Crippen LogP contribution in [0.3, 0.4) is 0 Å². The van der Waals surface area contributed by atoms with Crippen LogP contribution >= 0.6 is 0 Å². The highest BCUT2D eigenvalue weighted by atomic mass is 32.2. The molecule has 0 aromatic carbocycles. The van der Waals surface area contributed by atoms with Crippen LogP contribution in [0, 0.1) is 0 Å². The molecule has 0 amide bonds. The van der Waals surface area contributed by atoms with Gasteiger partial charge in [0.2, 0.25) is 10.0 Å². The molecule has 1 saturated heterocycles. The molecule has 1 atom stereocenters. The summed E-state index contributed by atoms with van der Waals surface area (Å²) in [5.41, 5.74) is 5.99. The van der Waals surface area contributed by atoms with Gasteiger partial charge in [0.15, 0.2) is 0 Å². The van der Waals surface area contributed by atoms with Gasteiger partial charge in [0, 0.05) is 31.9 Å². The topological polar surface area (TPSA) is 96.5 Å². The highest BCUT2D eigenvalue weighted by Crippen LogP contribution is 2.29. The lowest BCUT2D eigenvalue weighted by atomic mass is 10.1. The van der Waals surface area contributed by atoms with Crippen molar-refractivity contribution in [2.75, 3.05) is 13.2 Å². The molecule has 0 spiro atoms. The first-order valence-corrected chi connectivity index (χ1v) is 8.32. The Hall–Kier alpha value is -1.02. The normalized spacial score (nSPS) is 20.4. The summed E-state index contributed by atoms with van der Waals surface area (Å²) in [5.74, 6) is 0. The van der Waals surface area contributed by atoms with Crippen molar-refractivity contribution in [2.45, 2.75) is 43.2 Å². The molecule has 0 bridgehead atoms. The van der Waals surface area contributed by atoms with Gasteiger partial charge in [-0.1, -0.05) is 0 Å². The summed E-state index contributed by atoms with van der Waals surface area (Å²) < 4.78 is 27.1. The number of aliphatic hydroxyl groups excluding tert-OH is 1. The predicted octanol–water partition coefficient (Wildman–Crippen LogP) is 0.466. The van der Waals surface area contributed by atoms with Gasteiger partial charge in [-0.15, -0.1) is 0 Å². The molecule has 20 heavy (non-hydrogen) atoms. The van der Waals surface area contributed by atoms with Crippen molar-refractivity contribution in [3.63, 3.8) is 0 Å². The van der Waals surface area contributed by atoms with Crippen LogP contribution in [0.5, 0.6) is 0 Å². The van der Waals surface area contributed by atoms with Crippen LogP contribution in [0.4, 0.5) is 0 Å². The molecule has 112 valence electrons. The zero-order valence-electron chi connectivity index (χ0n) is 11.4. The molecule has 7 heteroatoms. The summed E-state index contributed by atoms with van der Waals surface area (Å²) >= 11 is 0. The number of nitrogens with two attached hydrogens (primary N) is 1. The molecule has 2 heterocycles. The van der Waals surface area contributed by atoms with Crippen LogP contribution in [-0.4, -0.2) is 42.0 Å². The number of rotatable bonds is 6. The van der Waals surface area contributed by atoms with Gasteiger partial charge in [0.05, 0.1) is 5.69 Å². The number of hydrogen-bond donors (Lipinski definition) is 2. The summed E-state index contributed by atoms with van der Waals surface area (Å²) in [6, 6.07) is 3.15. The zero-order valence-corrected chi connectivity index (χ0v) is 12.2. The first kappa shape index (κ1) is 15.4. The van der Waals surface area contributed by atoms with E-state index in [4.69, 9.17) is 10.8 Å². The highest BCUT2D eigenvalue weighted by Gasteiger charge is 2.35. The van der Waals surface area contributed by atoms with Gasteiger partial charge in [-0.05, 0) is 37.8 Å². The third-order valence-electron chi connectivity index (χ3n) is 3.65. The standard InChI is InChI=1S/C13H21N3O3S/c14-10-12-13(6-1-7-15-12)20(18,19)16-8-2-4-11(16)5-3-9-17/h1,6-7,11,17H,2-5,8-10,14H2. The van der Waals surface area contributed by atoms with Gasteiger partial charge in [0.1, 0.15) is 4.90 Å². The molecule has 0 saturated carbocycles. The van der Waals surface area contributed by atoms with Crippen LogP contribution < -0.4 is 5.73 Å². The maximum absolute atomic E-state index is 12.8. The maximum Gasteiger partial charge on any atom is 0.245 e. The van der Waals surface area contributed by atoms with Crippen molar-refractivity contribution >= 4 is 10.0 Å². The summed E-state index contributed by atoms with van der Waals surface area (Å²) in [7, 11) is -3.55. The van der Waals surface area contributed by atoms with Crippen LogP contribution in [0.2, 0.25) is 0 Å². The molecule has 1 unspecified atom stereocenters. The van der Waals surface area contributed by atoms with E-state index in [2.05, 4.69) is 4.98 Å². The summed E-state index contributed by atoms with van der Waals surface area (Å²) in [6.45, 7) is 0.715. The average molecular weight is 299 g/mol. The van der Waals surface area contributed by atoms with Gasteiger partial charge in [-0.25, -0.2) is 8.42 Å². The molecular formula is C13H21N3O3S. The monoisotopic (exact) mass is 299 g/mol. The Labute approximate surface area is 119 Å².